The maximum Gasteiger partial charge on any atom is 0.494 e. The summed E-state index contributed by atoms with van der Waals surface area (Å²) >= 11 is 0. The van der Waals surface area contributed by atoms with E-state index in [4.69, 9.17) is 14.0 Å². The van der Waals surface area contributed by atoms with Crippen molar-refractivity contribution < 1.29 is 23.2 Å². The second-order valence-electron chi connectivity index (χ2n) is 8.14. The van der Waals surface area contributed by atoms with Gasteiger partial charge in [0.25, 0.3) is 5.91 Å². The molecule has 2 heterocycles. The van der Waals surface area contributed by atoms with Crippen molar-refractivity contribution in [3.8, 4) is 0 Å². The standard InChI is InChI=1S/C19H27BFNO4/c1-12-10-13(20-25-18(2,3)19(4,5)26-20)11-15(21)16(12)17(23)22-14-6-8-24-9-7-14/h10-11,14H,6-9H2,1-5H3,(H,22,23). The van der Waals surface area contributed by atoms with Gasteiger partial charge in [0, 0.05) is 19.3 Å². The molecule has 0 unspecified atom stereocenters. The second-order valence-corrected chi connectivity index (χ2v) is 8.14. The van der Waals surface area contributed by atoms with Gasteiger partial charge in [0.15, 0.2) is 0 Å². The first kappa shape index (κ1) is 19.3. The van der Waals surface area contributed by atoms with Gasteiger partial charge in [0.1, 0.15) is 5.82 Å². The van der Waals surface area contributed by atoms with E-state index in [9.17, 15) is 9.18 Å². The summed E-state index contributed by atoms with van der Waals surface area (Å²) in [5.74, 6) is -0.938. The number of amides is 1. The van der Waals surface area contributed by atoms with Crippen molar-refractivity contribution in [3.05, 3.63) is 29.1 Å². The normalized spacial score (nSPS) is 22.5. The summed E-state index contributed by atoms with van der Waals surface area (Å²) in [7, 11) is -0.652. The Morgan fingerprint density at radius 3 is 2.27 bits per heavy atom. The van der Waals surface area contributed by atoms with Gasteiger partial charge in [-0.3, -0.25) is 4.79 Å². The summed E-state index contributed by atoms with van der Waals surface area (Å²) < 4.78 is 32.0. The summed E-state index contributed by atoms with van der Waals surface area (Å²) in [6.45, 7) is 10.8. The largest absolute Gasteiger partial charge is 0.494 e. The fourth-order valence-electron chi connectivity index (χ4n) is 3.27. The average molecular weight is 363 g/mol. The number of aryl methyl sites for hydroxylation is 1. The monoisotopic (exact) mass is 363 g/mol. The van der Waals surface area contributed by atoms with Crippen molar-refractivity contribution in [1.82, 2.24) is 5.32 Å². The van der Waals surface area contributed by atoms with Crippen LogP contribution in [-0.2, 0) is 14.0 Å². The molecule has 0 saturated carbocycles. The molecule has 1 N–H and O–H groups in total. The summed E-state index contributed by atoms with van der Waals surface area (Å²) in [4.78, 5) is 12.5. The zero-order valence-electron chi connectivity index (χ0n) is 16.1. The summed E-state index contributed by atoms with van der Waals surface area (Å²) in [6.07, 6.45) is 1.50. The first-order chi connectivity index (χ1) is 12.1. The van der Waals surface area contributed by atoms with E-state index < -0.39 is 24.1 Å². The highest BCUT2D eigenvalue weighted by Crippen LogP contribution is 2.36. The molecule has 2 fully saturated rings. The zero-order chi connectivity index (χ0) is 19.1. The minimum Gasteiger partial charge on any atom is -0.399 e. The van der Waals surface area contributed by atoms with Crippen molar-refractivity contribution in [2.45, 2.75) is 64.7 Å². The lowest BCUT2D eigenvalue weighted by Gasteiger charge is -2.32. The molecule has 3 rings (SSSR count). The highest BCUT2D eigenvalue weighted by Gasteiger charge is 2.51. The molecule has 142 valence electrons. The smallest absolute Gasteiger partial charge is 0.399 e. The van der Waals surface area contributed by atoms with Crippen LogP contribution in [-0.4, -0.2) is 43.5 Å². The van der Waals surface area contributed by atoms with Gasteiger partial charge >= 0.3 is 7.12 Å². The van der Waals surface area contributed by atoms with Crippen molar-refractivity contribution in [3.63, 3.8) is 0 Å². The molecule has 2 saturated heterocycles. The number of carbonyl (C=O) groups excluding carboxylic acids is 1. The van der Waals surface area contributed by atoms with E-state index in [0.29, 0.717) is 24.2 Å². The maximum atomic E-state index is 14.8. The van der Waals surface area contributed by atoms with E-state index in [2.05, 4.69) is 5.32 Å². The van der Waals surface area contributed by atoms with Crippen LogP contribution in [0.5, 0.6) is 0 Å². The Morgan fingerprint density at radius 1 is 1.15 bits per heavy atom. The highest BCUT2D eigenvalue weighted by atomic mass is 19.1. The third-order valence-electron chi connectivity index (χ3n) is 5.62. The van der Waals surface area contributed by atoms with Crippen LogP contribution in [0.25, 0.3) is 0 Å². The molecule has 0 spiro atoms. The van der Waals surface area contributed by atoms with Crippen molar-refractivity contribution >= 4 is 18.5 Å². The van der Waals surface area contributed by atoms with Crippen molar-refractivity contribution in [2.24, 2.45) is 0 Å². The first-order valence-electron chi connectivity index (χ1n) is 9.15. The van der Waals surface area contributed by atoms with Crippen LogP contribution >= 0.6 is 0 Å². The van der Waals surface area contributed by atoms with Crippen molar-refractivity contribution in [1.29, 1.82) is 0 Å². The predicted octanol–water partition coefficient (Wildman–Crippen LogP) is 2.34. The van der Waals surface area contributed by atoms with Gasteiger partial charge in [-0.05, 0) is 64.6 Å². The lowest BCUT2D eigenvalue weighted by Crippen LogP contribution is -2.41. The quantitative estimate of drug-likeness (QED) is 0.838. The molecule has 1 aromatic rings. The van der Waals surface area contributed by atoms with E-state index in [1.165, 1.54) is 6.07 Å². The first-order valence-corrected chi connectivity index (χ1v) is 9.15. The molecule has 0 atom stereocenters. The second kappa shape index (κ2) is 6.95. The molecule has 26 heavy (non-hydrogen) atoms. The van der Waals surface area contributed by atoms with Gasteiger partial charge in [-0.15, -0.1) is 0 Å². The van der Waals surface area contributed by atoms with Crippen LogP contribution in [0.3, 0.4) is 0 Å². The molecule has 1 aromatic carbocycles. The molecule has 2 aliphatic heterocycles. The molecular weight excluding hydrogens is 336 g/mol. The van der Waals surface area contributed by atoms with Crippen LogP contribution < -0.4 is 10.8 Å². The fourth-order valence-corrected chi connectivity index (χ4v) is 3.27. The Hall–Kier alpha value is -1.44. The number of hydrogen-bond donors (Lipinski definition) is 1. The highest BCUT2D eigenvalue weighted by molar-refractivity contribution is 6.62. The lowest BCUT2D eigenvalue weighted by atomic mass is 9.77. The third kappa shape index (κ3) is 3.66. The van der Waals surface area contributed by atoms with Gasteiger partial charge in [0.05, 0.1) is 16.8 Å². The minimum absolute atomic E-state index is 0.0258. The van der Waals surface area contributed by atoms with Crippen LogP contribution in [0.15, 0.2) is 12.1 Å². The Bertz CT molecular complexity index is 662. The maximum absolute atomic E-state index is 14.8. The fraction of sp³-hybridized carbons (Fsp3) is 0.632. The van der Waals surface area contributed by atoms with Crippen LogP contribution in [0.4, 0.5) is 4.39 Å². The number of ether oxygens (including phenoxy) is 1. The zero-order valence-corrected chi connectivity index (χ0v) is 16.1. The lowest BCUT2D eigenvalue weighted by molar-refractivity contribution is 0.00578. The minimum atomic E-state index is -0.652. The van der Waals surface area contributed by atoms with Gasteiger partial charge in [0.2, 0.25) is 0 Å². The Labute approximate surface area is 154 Å². The third-order valence-corrected chi connectivity index (χ3v) is 5.62. The molecule has 7 heteroatoms. The summed E-state index contributed by atoms with van der Waals surface area (Å²) in [6, 6.07) is 3.14. The molecule has 0 aliphatic carbocycles. The van der Waals surface area contributed by atoms with E-state index in [0.717, 1.165) is 12.8 Å². The van der Waals surface area contributed by atoms with E-state index in [1.54, 1.807) is 13.0 Å². The number of benzene rings is 1. The number of rotatable bonds is 3. The van der Waals surface area contributed by atoms with E-state index >= 15 is 0 Å². The average Bonchev–Trinajstić information content (AvgIpc) is 2.75. The van der Waals surface area contributed by atoms with Gasteiger partial charge < -0.3 is 19.4 Å². The van der Waals surface area contributed by atoms with Crippen LogP contribution in [0, 0.1) is 12.7 Å². The summed E-state index contributed by atoms with van der Waals surface area (Å²) in [5, 5.41) is 2.91. The van der Waals surface area contributed by atoms with E-state index in [1.807, 2.05) is 27.7 Å². The molecule has 5 nitrogen and oxygen atoms in total. The Morgan fingerprint density at radius 2 is 1.73 bits per heavy atom. The molecule has 0 bridgehead atoms. The molecule has 2 aliphatic rings. The number of halogens is 1. The molecule has 1 amide bonds. The van der Waals surface area contributed by atoms with Gasteiger partial charge in [-0.2, -0.15) is 0 Å². The van der Waals surface area contributed by atoms with Crippen LogP contribution in [0.2, 0.25) is 0 Å². The van der Waals surface area contributed by atoms with Gasteiger partial charge in [-0.1, -0.05) is 6.07 Å². The topological polar surface area (TPSA) is 56.8 Å². The predicted molar refractivity (Wildman–Crippen MR) is 98.2 cm³/mol. The molecule has 0 aromatic heterocycles. The summed E-state index contributed by atoms with van der Waals surface area (Å²) in [5.41, 5.74) is 0.236. The number of hydrogen-bond acceptors (Lipinski definition) is 4. The van der Waals surface area contributed by atoms with E-state index in [-0.39, 0.29) is 17.5 Å². The SMILES string of the molecule is Cc1cc(B2OC(C)(C)C(C)(C)O2)cc(F)c1C(=O)NC1CCOCC1. The number of carbonyl (C=O) groups is 1. The molecule has 0 radical (unpaired) electrons. The molecular formula is C19H27BFNO4. The van der Waals surface area contributed by atoms with Gasteiger partial charge in [-0.25, -0.2) is 4.39 Å². The Kier molecular flexibility index (Phi) is 5.16. The number of nitrogens with one attached hydrogen (secondary N) is 1. The Balaban J connectivity index is 1.79. The van der Waals surface area contributed by atoms with Crippen molar-refractivity contribution in [2.75, 3.05) is 13.2 Å². The van der Waals surface area contributed by atoms with Crippen LogP contribution in [0.1, 0.15) is 56.5 Å².